The lowest BCUT2D eigenvalue weighted by Gasteiger charge is -2.19. The molecule has 0 bridgehead atoms. The minimum absolute atomic E-state index is 0.0585. The number of fused-ring (bicyclic) bond motifs is 1. The smallest absolute Gasteiger partial charge is 0.0708 e. The molecule has 0 radical (unpaired) electrons. The van der Waals surface area contributed by atoms with Gasteiger partial charge in [-0.1, -0.05) is 32.4 Å². The van der Waals surface area contributed by atoms with E-state index in [1.807, 2.05) is 0 Å². The fourth-order valence-corrected chi connectivity index (χ4v) is 1.96. The third-order valence-electron chi connectivity index (χ3n) is 3.04. The summed E-state index contributed by atoms with van der Waals surface area (Å²) in [5.74, 6) is 0. The molecule has 90 valence electrons. The molecule has 1 aromatic heterocycles. The molecule has 2 rings (SSSR count). The second kappa shape index (κ2) is 4.11. The van der Waals surface area contributed by atoms with Gasteiger partial charge in [-0.15, -0.1) is 0 Å². The predicted octanol–water partition coefficient (Wildman–Crippen LogP) is 3.30. The number of aromatic nitrogens is 1. The lowest BCUT2D eigenvalue weighted by Crippen LogP contribution is -2.15. The Morgan fingerprint density at radius 1 is 1.18 bits per heavy atom. The largest absolute Gasteiger partial charge is 0.326 e. The molecule has 0 saturated carbocycles. The third-order valence-corrected chi connectivity index (χ3v) is 3.04. The number of pyridine rings is 1. The van der Waals surface area contributed by atoms with Crippen molar-refractivity contribution in [2.75, 3.05) is 0 Å². The van der Waals surface area contributed by atoms with Gasteiger partial charge < -0.3 is 5.73 Å². The normalized spacial score (nSPS) is 12.1. The van der Waals surface area contributed by atoms with Gasteiger partial charge in [0.15, 0.2) is 0 Å². The van der Waals surface area contributed by atoms with E-state index in [0.29, 0.717) is 6.54 Å². The molecule has 2 heteroatoms. The van der Waals surface area contributed by atoms with Gasteiger partial charge in [-0.3, -0.25) is 4.98 Å². The lowest BCUT2D eigenvalue weighted by molar-refractivity contribution is 0.570. The Kier molecular flexibility index (Phi) is 2.92. The Morgan fingerprint density at radius 3 is 2.47 bits per heavy atom. The predicted molar refractivity (Wildman–Crippen MR) is 73.1 cm³/mol. The van der Waals surface area contributed by atoms with Crippen LogP contribution in [0.3, 0.4) is 0 Å². The van der Waals surface area contributed by atoms with Gasteiger partial charge in [0, 0.05) is 23.0 Å². The zero-order valence-electron chi connectivity index (χ0n) is 11.0. The number of hydrogen-bond donors (Lipinski definition) is 1. The highest BCUT2D eigenvalue weighted by Gasteiger charge is 2.17. The summed E-state index contributed by atoms with van der Waals surface area (Å²) in [5, 5.41) is 1.18. The minimum Gasteiger partial charge on any atom is -0.326 e. The highest BCUT2D eigenvalue weighted by Crippen LogP contribution is 2.26. The molecule has 2 N–H and O–H groups in total. The summed E-state index contributed by atoms with van der Waals surface area (Å²) in [6.07, 6.45) is 0. The van der Waals surface area contributed by atoms with Crippen LogP contribution in [0.15, 0.2) is 24.3 Å². The number of nitrogens with two attached hydrogens (primary N) is 1. The SMILES string of the molecule is Cc1ccc2nc(C(C)(C)C)cc(CN)c2c1. The van der Waals surface area contributed by atoms with Gasteiger partial charge in [-0.05, 0) is 30.7 Å². The highest BCUT2D eigenvalue weighted by atomic mass is 14.7. The summed E-state index contributed by atoms with van der Waals surface area (Å²) in [7, 11) is 0. The summed E-state index contributed by atoms with van der Waals surface area (Å²) >= 11 is 0. The third kappa shape index (κ3) is 2.32. The van der Waals surface area contributed by atoms with E-state index in [-0.39, 0.29) is 5.41 Å². The van der Waals surface area contributed by atoms with Gasteiger partial charge in [-0.25, -0.2) is 0 Å². The van der Waals surface area contributed by atoms with Gasteiger partial charge in [0.05, 0.1) is 5.52 Å². The van der Waals surface area contributed by atoms with Crippen molar-refractivity contribution in [2.45, 2.75) is 39.7 Å². The lowest BCUT2D eigenvalue weighted by atomic mass is 9.89. The number of hydrogen-bond acceptors (Lipinski definition) is 2. The molecule has 2 aromatic rings. The first kappa shape index (κ1) is 12.1. The molecule has 17 heavy (non-hydrogen) atoms. The maximum absolute atomic E-state index is 5.85. The molecule has 1 aromatic carbocycles. The Morgan fingerprint density at radius 2 is 1.88 bits per heavy atom. The van der Waals surface area contributed by atoms with Crippen molar-refractivity contribution < 1.29 is 0 Å². The van der Waals surface area contributed by atoms with Crippen LogP contribution >= 0.6 is 0 Å². The van der Waals surface area contributed by atoms with Crippen LogP contribution in [0.5, 0.6) is 0 Å². The number of aryl methyl sites for hydroxylation is 1. The first-order valence-corrected chi connectivity index (χ1v) is 6.02. The standard InChI is InChI=1S/C15H20N2/c1-10-5-6-13-12(7-10)11(9-16)8-14(17-13)15(2,3)4/h5-8H,9,16H2,1-4H3. The quantitative estimate of drug-likeness (QED) is 0.813. The Balaban J connectivity index is 2.75. The van der Waals surface area contributed by atoms with Crippen molar-refractivity contribution >= 4 is 10.9 Å². The molecule has 0 aliphatic heterocycles. The topological polar surface area (TPSA) is 38.9 Å². The average molecular weight is 228 g/mol. The summed E-state index contributed by atoms with van der Waals surface area (Å²) in [4.78, 5) is 4.74. The van der Waals surface area contributed by atoms with E-state index in [0.717, 1.165) is 11.2 Å². The monoisotopic (exact) mass is 228 g/mol. The molecular formula is C15H20N2. The molecule has 0 unspecified atom stereocenters. The molecule has 2 nitrogen and oxygen atoms in total. The van der Waals surface area contributed by atoms with E-state index in [1.165, 1.54) is 16.5 Å². The molecule has 0 atom stereocenters. The van der Waals surface area contributed by atoms with E-state index in [4.69, 9.17) is 10.7 Å². The zero-order chi connectivity index (χ0) is 12.6. The number of rotatable bonds is 1. The fourth-order valence-electron chi connectivity index (χ4n) is 1.96. The molecule has 0 spiro atoms. The second-order valence-corrected chi connectivity index (χ2v) is 5.64. The molecule has 0 amide bonds. The zero-order valence-corrected chi connectivity index (χ0v) is 11.0. The molecule has 0 saturated heterocycles. The van der Waals surface area contributed by atoms with Crippen molar-refractivity contribution in [1.29, 1.82) is 0 Å². The number of nitrogens with zero attached hydrogens (tertiary/aromatic N) is 1. The van der Waals surface area contributed by atoms with Gasteiger partial charge >= 0.3 is 0 Å². The van der Waals surface area contributed by atoms with E-state index >= 15 is 0 Å². The van der Waals surface area contributed by atoms with Crippen LogP contribution in [0.4, 0.5) is 0 Å². The van der Waals surface area contributed by atoms with Crippen LogP contribution < -0.4 is 5.73 Å². The Hall–Kier alpha value is -1.41. The molecular weight excluding hydrogens is 208 g/mol. The van der Waals surface area contributed by atoms with Crippen LogP contribution in [0, 0.1) is 6.92 Å². The van der Waals surface area contributed by atoms with Crippen LogP contribution in [0.25, 0.3) is 10.9 Å². The Labute approximate surface area is 103 Å². The van der Waals surface area contributed by atoms with Crippen LogP contribution in [0.2, 0.25) is 0 Å². The summed E-state index contributed by atoms with van der Waals surface area (Å²) in [5.41, 5.74) is 10.5. The van der Waals surface area contributed by atoms with Crippen LogP contribution in [-0.2, 0) is 12.0 Å². The van der Waals surface area contributed by atoms with Crippen LogP contribution in [-0.4, -0.2) is 4.98 Å². The second-order valence-electron chi connectivity index (χ2n) is 5.64. The molecule has 0 aliphatic carbocycles. The summed E-state index contributed by atoms with van der Waals surface area (Å²) < 4.78 is 0. The number of benzene rings is 1. The minimum atomic E-state index is 0.0585. The maximum Gasteiger partial charge on any atom is 0.0708 e. The maximum atomic E-state index is 5.85. The van der Waals surface area contributed by atoms with Gasteiger partial charge in [-0.2, -0.15) is 0 Å². The molecule has 0 fully saturated rings. The van der Waals surface area contributed by atoms with E-state index < -0.39 is 0 Å². The van der Waals surface area contributed by atoms with Crippen molar-refractivity contribution in [2.24, 2.45) is 5.73 Å². The average Bonchev–Trinajstić information content (AvgIpc) is 2.26. The van der Waals surface area contributed by atoms with Crippen molar-refractivity contribution in [1.82, 2.24) is 4.98 Å². The first-order chi connectivity index (χ1) is 7.91. The van der Waals surface area contributed by atoms with Crippen LogP contribution in [0.1, 0.15) is 37.6 Å². The fraction of sp³-hybridized carbons (Fsp3) is 0.400. The van der Waals surface area contributed by atoms with E-state index in [2.05, 4.69) is 52.0 Å². The Bertz CT molecular complexity index is 551. The molecule has 1 heterocycles. The van der Waals surface area contributed by atoms with Crippen molar-refractivity contribution in [3.63, 3.8) is 0 Å². The van der Waals surface area contributed by atoms with Gasteiger partial charge in [0.25, 0.3) is 0 Å². The van der Waals surface area contributed by atoms with E-state index in [1.54, 1.807) is 0 Å². The van der Waals surface area contributed by atoms with Gasteiger partial charge in [0.1, 0.15) is 0 Å². The first-order valence-electron chi connectivity index (χ1n) is 6.02. The molecule has 0 aliphatic rings. The van der Waals surface area contributed by atoms with Gasteiger partial charge in [0.2, 0.25) is 0 Å². The summed E-state index contributed by atoms with van der Waals surface area (Å²) in [6, 6.07) is 8.49. The highest BCUT2D eigenvalue weighted by molar-refractivity contribution is 5.83. The van der Waals surface area contributed by atoms with Crippen molar-refractivity contribution in [3.05, 3.63) is 41.1 Å². The van der Waals surface area contributed by atoms with E-state index in [9.17, 15) is 0 Å². The summed E-state index contributed by atoms with van der Waals surface area (Å²) in [6.45, 7) is 9.18. The van der Waals surface area contributed by atoms with Crippen molar-refractivity contribution in [3.8, 4) is 0 Å².